The van der Waals surface area contributed by atoms with Crippen LogP contribution in [0, 0.1) is 5.82 Å². The SMILES string of the molecule is COc1cc(CN(C(=O)C2=C(c3ccc(CCCOc4cc(F)ccc4Br)cc3)CC3CN(C(=O)CCCC(=O)O)CC2N3)C2CC2)cc(OC)c1. The maximum atomic E-state index is 14.9. The van der Waals surface area contributed by atoms with Gasteiger partial charge in [-0.05, 0) is 101 Å². The van der Waals surface area contributed by atoms with Crippen molar-refractivity contribution in [1.29, 1.82) is 0 Å². The Hall–Kier alpha value is -4.42. The number of nitrogens with one attached hydrogen (secondary N) is 1. The number of carboxylic acids is 1. The second-order valence-corrected chi connectivity index (χ2v) is 14.5. The molecule has 0 spiro atoms. The molecule has 2 amide bonds. The number of piperazine rings is 1. The van der Waals surface area contributed by atoms with E-state index in [1.165, 1.54) is 12.1 Å². The summed E-state index contributed by atoms with van der Waals surface area (Å²) >= 11 is 3.40. The van der Waals surface area contributed by atoms with E-state index in [1.807, 2.05) is 23.1 Å². The van der Waals surface area contributed by atoms with Crippen molar-refractivity contribution in [1.82, 2.24) is 15.1 Å². The van der Waals surface area contributed by atoms with E-state index < -0.39 is 5.97 Å². The zero-order valence-corrected chi connectivity index (χ0v) is 31.1. The van der Waals surface area contributed by atoms with Gasteiger partial charge in [0.2, 0.25) is 5.91 Å². The monoisotopic (exact) mass is 777 g/mol. The molecule has 3 aromatic carbocycles. The third-order valence-corrected chi connectivity index (χ3v) is 10.5. The average molecular weight is 779 g/mol. The number of fused-ring (bicyclic) bond motifs is 2. The summed E-state index contributed by atoms with van der Waals surface area (Å²) in [6.07, 6.45) is 4.28. The van der Waals surface area contributed by atoms with Crippen LogP contribution in [0.1, 0.15) is 61.6 Å². The topological polar surface area (TPSA) is 118 Å². The lowest BCUT2D eigenvalue weighted by Crippen LogP contribution is -2.62. The number of benzene rings is 3. The molecule has 0 radical (unpaired) electrons. The zero-order valence-electron chi connectivity index (χ0n) is 29.5. The number of aliphatic carboxylic acids is 1. The Bertz CT molecular complexity index is 1790. The standard InChI is InChI=1S/C40H45BrFN3O7/c1-50-31-17-26(18-32(21-31)51-2)22-45(30-13-14-30)40(49)39-33(20-29-23-44(24-35(39)43-29)37(46)6-3-7-38(47)48)27-10-8-25(9-11-27)5-4-16-52-36-19-28(42)12-15-34(36)41/h8-12,15,17-19,21,29-30,35,43H,3-7,13-14,16,20,22-24H2,1-2H3,(H,47,48). The summed E-state index contributed by atoms with van der Waals surface area (Å²) in [6, 6.07) is 18.0. The number of methoxy groups -OCH3 is 2. The molecule has 1 saturated carbocycles. The number of aryl methyl sites for hydroxylation is 1. The van der Waals surface area contributed by atoms with Crippen LogP contribution in [0.3, 0.4) is 0 Å². The zero-order chi connectivity index (χ0) is 36.8. The fourth-order valence-corrected chi connectivity index (χ4v) is 7.46. The molecule has 0 aromatic heterocycles. The van der Waals surface area contributed by atoms with E-state index in [0.29, 0.717) is 60.0 Å². The Balaban J connectivity index is 1.24. The van der Waals surface area contributed by atoms with E-state index >= 15 is 0 Å². The maximum Gasteiger partial charge on any atom is 0.303 e. The highest BCUT2D eigenvalue weighted by molar-refractivity contribution is 9.10. The van der Waals surface area contributed by atoms with Gasteiger partial charge < -0.3 is 34.4 Å². The molecule has 10 nitrogen and oxygen atoms in total. The third kappa shape index (κ3) is 9.32. The largest absolute Gasteiger partial charge is 0.497 e. The Kier molecular flexibility index (Phi) is 12.2. The summed E-state index contributed by atoms with van der Waals surface area (Å²) in [5, 5.41) is 12.7. The number of carbonyl (C=O) groups is 3. The predicted molar refractivity (Wildman–Crippen MR) is 198 cm³/mol. The van der Waals surface area contributed by atoms with E-state index in [0.717, 1.165) is 47.9 Å². The molecule has 2 heterocycles. The van der Waals surface area contributed by atoms with Crippen molar-refractivity contribution in [2.45, 2.75) is 76.0 Å². The first kappa shape index (κ1) is 37.3. The number of halogens is 2. The minimum atomic E-state index is -0.921. The van der Waals surface area contributed by atoms with Crippen molar-refractivity contribution in [3.05, 3.63) is 93.2 Å². The molecule has 276 valence electrons. The molecular weight excluding hydrogens is 733 g/mol. The van der Waals surface area contributed by atoms with E-state index in [4.69, 9.17) is 19.3 Å². The molecule has 2 fully saturated rings. The van der Waals surface area contributed by atoms with Gasteiger partial charge in [-0.1, -0.05) is 24.3 Å². The van der Waals surface area contributed by atoms with E-state index in [-0.39, 0.29) is 55.0 Å². The van der Waals surface area contributed by atoms with Crippen LogP contribution in [-0.4, -0.2) is 84.7 Å². The van der Waals surface area contributed by atoms with Gasteiger partial charge in [-0.15, -0.1) is 0 Å². The first-order valence-corrected chi connectivity index (χ1v) is 18.6. The summed E-state index contributed by atoms with van der Waals surface area (Å²) < 4.78 is 31.2. The van der Waals surface area contributed by atoms with Crippen LogP contribution in [0.15, 0.2) is 70.7 Å². The highest BCUT2D eigenvalue weighted by atomic mass is 79.9. The van der Waals surface area contributed by atoms with Gasteiger partial charge >= 0.3 is 5.97 Å². The van der Waals surface area contributed by atoms with E-state index in [9.17, 15) is 18.8 Å². The number of amides is 2. The molecule has 2 bridgehead atoms. The van der Waals surface area contributed by atoms with Crippen molar-refractivity contribution in [3.8, 4) is 17.2 Å². The van der Waals surface area contributed by atoms with Crippen LogP contribution in [0.25, 0.3) is 5.57 Å². The van der Waals surface area contributed by atoms with Gasteiger partial charge in [0.1, 0.15) is 23.1 Å². The van der Waals surface area contributed by atoms with Gasteiger partial charge in [0.15, 0.2) is 0 Å². The van der Waals surface area contributed by atoms with Crippen LogP contribution in [-0.2, 0) is 27.3 Å². The fraction of sp³-hybridized carbons (Fsp3) is 0.425. The number of ether oxygens (including phenoxy) is 3. The Morgan fingerprint density at radius 2 is 1.67 bits per heavy atom. The second-order valence-electron chi connectivity index (χ2n) is 13.7. The van der Waals surface area contributed by atoms with Crippen LogP contribution in [0.2, 0.25) is 0 Å². The third-order valence-electron chi connectivity index (χ3n) is 9.84. The van der Waals surface area contributed by atoms with Gasteiger partial charge in [0, 0.05) is 62.3 Å². The molecule has 12 heteroatoms. The predicted octanol–water partition coefficient (Wildman–Crippen LogP) is 6.39. The van der Waals surface area contributed by atoms with Crippen LogP contribution in [0.5, 0.6) is 17.2 Å². The molecule has 6 rings (SSSR count). The van der Waals surface area contributed by atoms with Gasteiger partial charge in [0.25, 0.3) is 5.91 Å². The molecule has 2 unspecified atom stereocenters. The quantitative estimate of drug-likeness (QED) is 0.161. The van der Waals surface area contributed by atoms with Crippen molar-refractivity contribution in [2.24, 2.45) is 0 Å². The van der Waals surface area contributed by atoms with Crippen LogP contribution >= 0.6 is 15.9 Å². The van der Waals surface area contributed by atoms with Gasteiger partial charge in [-0.3, -0.25) is 14.4 Å². The first-order valence-electron chi connectivity index (χ1n) is 17.8. The number of carbonyl (C=O) groups excluding carboxylic acids is 2. The molecule has 1 saturated heterocycles. The summed E-state index contributed by atoms with van der Waals surface area (Å²) in [5.41, 5.74) is 4.65. The Labute approximate surface area is 312 Å². The van der Waals surface area contributed by atoms with Crippen LogP contribution < -0.4 is 19.5 Å². The van der Waals surface area contributed by atoms with Gasteiger partial charge in [-0.25, -0.2) is 4.39 Å². The summed E-state index contributed by atoms with van der Waals surface area (Å²) in [6.45, 7) is 1.64. The maximum absolute atomic E-state index is 14.9. The molecule has 3 aliphatic rings. The van der Waals surface area contributed by atoms with E-state index in [2.05, 4.69) is 45.5 Å². The first-order chi connectivity index (χ1) is 25.1. The number of hydrogen-bond acceptors (Lipinski definition) is 7. The van der Waals surface area contributed by atoms with Crippen molar-refractivity contribution in [2.75, 3.05) is 33.9 Å². The molecule has 2 aliphatic heterocycles. The van der Waals surface area contributed by atoms with E-state index in [1.54, 1.807) is 25.2 Å². The summed E-state index contributed by atoms with van der Waals surface area (Å²) in [7, 11) is 3.21. The highest BCUT2D eigenvalue weighted by Gasteiger charge is 2.43. The average Bonchev–Trinajstić information content (AvgIpc) is 3.98. The fourth-order valence-electron chi connectivity index (χ4n) is 7.10. The normalized spacial score (nSPS) is 18.2. The lowest BCUT2D eigenvalue weighted by molar-refractivity contribution is -0.138. The molecule has 2 N–H and O–H groups in total. The van der Waals surface area contributed by atoms with Gasteiger partial charge in [-0.2, -0.15) is 0 Å². The van der Waals surface area contributed by atoms with Crippen LogP contribution in [0.4, 0.5) is 4.39 Å². The molecule has 1 aliphatic carbocycles. The molecular formula is C40H45BrFN3O7. The highest BCUT2D eigenvalue weighted by Crippen LogP contribution is 2.38. The number of hydrogen-bond donors (Lipinski definition) is 2. The number of nitrogens with zero attached hydrogens (tertiary/aromatic N) is 2. The Morgan fingerprint density at radius 1 is 0.942 bits per heavy atom. The second kappa shape index (κ2) is 16.9. The lowest BCUT2D eigenvalue weighted by atomic mass is 9.82. The molecule has 2 atom stereocenters. The molecule has 52 heavy (non-hydrogen) atoms. The number of carboxylic acid groups (broad SMARTS) is 1. The minimum Gasteiger partial charge on any atom is -0.497 e. The summed E-state index contributed by atoms with van der Waals surface area (Å²) in [4.78, 5) is 42.9. The number of rotatable bonds is 16. The van der Waals surface area contributed by atoms with Crippen molar-refractivity contribution < 1.29 is 38.1 Å². The lowest BCUT2D eigenvalue weighted by Gasteiger charge is -2.45. The van der Waals surface area contributed by atoms with Crippen molar-refractivity contribution >= 4 is 39.3 Å². The Morgan fingerprint density at radius 3 is 2.35 bits per heavy atom. The van der Waals surface area contributed by atoms with Crippen molar-refractivity contribution in [3.63, 3.8) is 0 Å². The smallest absolute Gasteiger partial charge is 0.303 e. The summed E-state index contributed by atoms with van der Waals surface area (Å²) in [5.74, 6) is 0.362. The van der Waals surface area contributed by atoms with Gasteiger partial charge in [0.05, 0.1) is 31.3 Å². The molecule has 3 aromatic rings. The minimum absolute atomic E-state index is 0.0512.